The van der Waals surface area contributed by atoms with Crippen molar-refractivity contribution in [3.05, 3.63) is 59.7 Å². The Morgan fingerprint density at radius 1 is 0.941 bits per heavy atom. The van der Waals surface area contributed by atoms with E-state index in [9.17, 15) is 14.4 Å². The molecule has 2 aromatic carbocycles. The number of esters is 1. The smallest absolute Gasteiger partial charge is 0.407 e. The fourth-order valence-electron chi connectivity index (χ4n) is 4.22. The fraction of sp³-hybridized carbons (Fsp3) is 0.444. The Balaban J connectivity index is 1.68. The van der Waals surface area contributed by atoms with Crippen molar-refractivity contribution < 1.29 is 23.9 Å². The van der Waals surface area contributed by atoms with Gasteiger partial charge in [-0.1, -0.05) is 68.8 Å². The number of amides is 2. The third-order valence-corrected chi connectivity index (χ3v) is 6.33. The summed E-state index contributed by atoms with van der Waals surface area (Å²) in [4.78, 5) is 37.9. The third kappa shape index (κ3) is 5.41. The molecule has 3 rings (SSSR count). The Labute approximate surface area is 201 Å². The second-order valence-electron chi connectivity index (χ2n) is 9.17. The number of rotatable bonds is 9. The van der Waals surface area contributed by atoms with Gasteiger partial charge in [0.1, 0.15) is 18.2 Å². The van der Waals surface area contributed by atoms with Crippen molar-refractivity contribution in [1.29, 1.82) is 0 Å². The number of ether oxygens (including phenoxy) is 2. The zero-order valence-electron chi connectivity index (χ0n) is 20.5. The summed E-state index contributed by atoms with van der Waals surface area (Å²) in [6.45, 7) is 9.02. The van der Waals surface area contributed by atoms with Crippen molar-refractivity contribution in [1.82, 2.24) is 10.6 Å². The molecule has 2 aromatic rings. The maximum atomic E-state index is 13.0. The normalized spacial score (nSPS) is 14.4. The molecule has 0 fully saturated rings. The standard InChI is InChI=1S/C27H34N2O5/c1-6-17(3)23(24(30)29-27(4,5)25(31)33-7-2)28-26(32)34-16-22-20-14-10-8-12-18(20)19-13-9-11-15-21(19)22/h8-15,17,22-23H,6-7,16H2,1-5H3,(H,28,32)(H,29,30)/t17-,23-/m0/s1. The van der Waals surface area contributed by atoms with Crippen LogP contribution in [0.3, 0.4) is 0 Å². The van der Waals surface area contributed by atoms with Crippen LogP contribution in [-0.2, 0) is 19.1 Å². The molecular weight excluding hydrogens is 432 g/mol. The molecule has 182 valence electrons. The summed E-state index contributed by atoms with van der Waals surface area (Å²) in [5.41, 5.74) is 3.30. The third-order valence-electron chi connectivity index (χ3n) is 6.33. The van der Waals surface area contributed by atoms with Gasteiger partial charge in [-0.3, -0.25) is 4.79 Å². The zero-order valence-corrected chi connectivity index (χ0v) is 20.5. The molecular formula is C27H34N2O5. The molecule has 0 unspecified atom stereocenters. The van der Waals surface area contributed by atoms with Crippen LogP contribution >= 0.6 is 0 Å². The lowest BCUT2D eigenvalue weighted by molar-refractivity contribution is -0.152. The molecule has 2 atom stereocenters. The van der Waals surface area contributed by atoms with Gasteiger partial charge in [0.15, 0.2) is 0 Å². The largest absolute Gasteiger partial charge is 0.464 e. The number of nitrogens with one attached hydrogen (secondary N) is 2. The van der Waals surface area contributed by atoms with Gasteiger partial charge >= 0.3 is 12.1 Å². The first-order chi connectivity index (χ1) is 16.2. The fourth-order valence-corrected chi connectivity index (χ4v) is 4.22. The Morgan fingerprint density at radius 3 is 2.03 bits per heavy atom. The molecule has 7 nitrogen and oxygen atoms in total. The summed E-state index contributed by atoms with van der Waals surface area (Å²) in [5.74, 6) is -1.23. The molecule has 2 N–H and O–H groups in total. The summed E-state index contributed by atoms with van der Waals surface area (Å²) in [5, 5.41) is 5.41. The number of benzene rings is 2. The van der Waals surface area contributed by atoms with Gasteiger partial charge in [-0.05, 0) is 48.9 Å². The van der Waals surface area contributed by atoms with E-state index in [1.807, 2.05) is 50.2 Å². The monoisotopic (exact) mass is 466 g/mol. The van der Waals surface area contributed by atoms with Crippen LogP contribution in [-0.4, -0.2) is 42.8 Å². The second-order valence-corrected chi connectivity index (χ2v) is 9.17. The van der Waals surface area contributed by atoms with Gasteiger partial charge in [0, 0.05) is 5.92 Å². The minimum absolute atomic E-state index is 0.0724. The maximum absolute atomic E-state index is 13.0. The van der Waals surface area contributed by atoms with Gasteiger partial charge in [0.2, 0.25) is 5.91 Å². The van der Waals surface area contributed by atoms with Crippen molar-refractivity contribution in [3.63, 3.8) is 0 Å². The van der Waals surface area contributed by atoms with E-state index in [4.69, 9.17) is 9.47 Å². The van der Waals surface area contributed by atoms with Crippen LogP contribution in [0.4, 0.5) is 4.79 Å². The quantitative estimate of drug-likeness (QED) is 0.535. The van der Waals surface area contributed by atoms with Crippen molar-refractivity contribution in [2.45, 2.75) is 58.5 Å². The molecule has 0 aromatic heterocycles. The molecule has 0 spiro atoms. The van der Waals surface area contributed by atoms with Gasteiger partial charge in [-0.15, -0.1) is 0 Å². The van der Waals surface area contributed by atoms with Crippen molar-refractivity contribution >= 4 is 18.0 Å². The average Bonchev–Trinajstić information content (AvgIpc) is 3.14. The summed E-state index contributed by atoms with van der Waals surface area (Å²) < 4.78 is 10.7. The summed E-state index contributed by atoms with van der Waals surface area (Å²) >= 11 is 0. The van der Waals surface area contributed by atoms with Crippen LogP contribution in [0.5, 0.6) is 0 Å². The molecule has 34 heavy (non-hydrogen) atoms. The molecule has 1 aliphatic rings. The highest BCUT2D eigenvalue weighted by molar-refractivity contribution is 5.91. The number of carbonyl (C=O) groups is 3. The van der Waals surface area contributed by atoms with Gasteiger partial charge in [-0.2, -0.15) is 0 Å². The van der Waals surface area contributed by atoms with Crippen LogP contribution in [0.15, 0.2) is 48.5 Å². The van der Waals surface area contributed by atoms with Crippen LogP contribution < -0.4 is 10.6 Å². The number of alkyl carbamates (subject to hydrolysis) is 1. The van der Waals surface area contributed by atoms with Gasteiger partial charge < -0.3 is 20.1 Å². The first-order valence-corrected chi connectivity index (χ1v) is 11.8. The van der Waals surface area contributed by atoms with E-state index in [1.165, 1.54) is 0 Å². The number of hydrogen-bond acceptors (Lipinski definition) is 5. The van der Waals surface area contributed by atoms with E-state index >= 15 is 0 Å². The number of carbonyl (C=O) groups excluding carboxylic acids is 3. The minimum atomic E-state index is -1.22. The Hall–Kier alpha value is -3.35. The lowest BCUT2D eigenvalue weighted by atomic mass is 9.96. The van der Waals surface area contributed by atoms with Crippen molar-refractivity contribution in [2.75, 3.05) is 13.2 Å². The first kappa shape index (κ1) is 25.3. The lowest BCUT2D eigenvalue weighted by Crippen LogP contribution is -2.58. The molecule has 7 heteroatoms. The summed E-state index contributed by atoms with van der Waals surface area (Å²) in [7, 11) is 0. The molecule has 0 aliphatic heterocycles. The molecule has 0 heterocycles. The highest BCUT2D eigenvalue weighted by Gasteiger charge is 2.36. The van der Waals surface area contributed by atoms with Gasteiger partial charge in [0.05, 0.1) is 6.61 Å². The summed E-state index contributed by atoms with van der Waals surface area (Å²) in [6, 6.07) is 15.3. The van der Waals surface area contributed by atoms with E-state index in [1.54, 1.807) is 20.8 Å². The second kappa shape index (κ2) is 10.7. The Morgan fingerprint density at radius 2 is 1.50 bits per heavy atom. The highest BCUT2D eigenvalue weighted by atomic mass is 16.5. The van der Waals surface area contributed by atoms with E-state index in [-0.39, 0.29) is 25.0 Å². The van der Waals surface area contributed by atoms with Crippen molar-refractivity contribution in [3.8, 4) is 11.1 Å². The predicted molar refractivity (Wildman–Crippen MR) is 130 cm³/mol. The highest BCUT2D eigenvalue weighted by Crippen LogP contribution is 2.44. The van der Waals surface area contributed by atoms with Crippen LogP contribution in [0, 0.1) is 5.92 Å². The van der Waals surface area contributed by atoms with E-state index < -0.39 is 29.6 Å². The molecule has 1 aliphatic carbocycles. The van der Waals surface area contributed by atoms with Crippen LogP contribution in [0.1, 0.15) is 58.1 Å². The minimum Gasteiger partial charge on any atom is -0.464 e. The van der Waals surface area contributed by atoms with Crippen LogP contribution in [0.25, 0.3) is 11.1 Å². The molecule has 0 saturated heterocycles. The summed E-state index contributed by atoms with van der Waals surface area (Å²) in [6.07, 6.45) is -0.0158. The average molecular weight is 467 g/mol. The van der Waals surface area contributed by atoms with E-state index in [0.717, 1.165) is 22.3 Å². The lowest BCUT2D eigenvalue weighted by Gasteiger charge is -2.29. The molecule has 2 amide bonds. The Bertz CT molecular complexity index is 1000. The first-order valence-electron chi connectivity index (χ1n) is 11.8. The van der Waals surface area contributed by atoms with Crippen molar-refractivity contribution in [2.24, 2.45) is 5.92 Å². The zero-order chi connectivity index (χ0) is 24.9. The number of fused-ring (bicyclic) bond motifs is 3. The van der Waals surface area contributed by atoms with E-state index in [2.05, 4.69) is 22.8 Å². The molecule has 0 radical (unpaired) electrons. The topological polar surface area (TPSA) is 93.7 Å². The molecule has 0 saturated carbocycles. The Kier molecular flexibility index (Phi) is 7.97. The van der Waals surface area contributed by atoms with Gasteiger partial charge in [0.25, 0.3) is 0 Å². The maximum Gasteiger partial charge on any atom is 0.407 e. The SMILES string of the molecule is CCOC(=O)C(C)(C)NC(=O)[C@@H](NC(=O)OCC1c2ccccc2-c2ccccc21)[C@@H](C)CC. The van der Waals surface area contributed by atoms with E-state index in [0.29, 0.717) is 6.42 Å². The van der Waals surface area contributed by atoms with Gasteiger partial charge in [-0.25, -0.2) is 9.59 Å². The number of hydrogen-bond donors (Lipinski definition) is 2. The molecule has 0 bridgehead atoms. The van der Waals surface area contributed by atoms with Crippen LogP contribution in [0.2, 0.25) is 0 Å². The predicted octanol–water partition coefficient (Wildman–Crippen LogP) is 4.40.